The molecule has 1 fully saturated rings. The summed E-state index contributed by atoms with van der Waals surface area (Å²) in [6.45, 7) is 9.30. The maximum Gasteiger partial charge on any atom is 0.347 e. The lowest BCUT2D eigenvalue weighted by Crippen LogP contribution is -2.16. The van der Waals surface area contributed by atoms with Crippen molar-refractivity contribution in [3.8, 4) is 22.4 Å². The van der Waals surface area contributed by atoms with E-state index in [0.29, 0.717) is 46.1 Å². The third-order valence-electron chi connectivity index (χ3n) is 5.30. The van der Waals surface area contributed by atoms with Crippen molar-refractivity contribution in [2.24, 2.45) is 5.92 Å². The number of thiazole rings is 1. The molecule has 0 saturated carbocycles. The molecule has 2 heterocycles. The molecule has 2 aromatic rings. The Morgan fingerprint density at radius 3 is 2.74 bits per heavy atom. The SMILES string of the molecule is CCC1(c2nc(-c3ccc(OCC(C)C)c(C#N)c3)sc2C(=O)O)CB1C. The summed E-state index contributed by atoms with van der Waals surface area (Å²) in [5.74, 6) is -0.0225. The summed E-state index contributed by atoms with van der Waals surface area (Å²) in [6, 6.07) is 7.52. The highest BCUT2D eigenvalue weighted by Crippen LogP contribution is 2.52. The van der Waals surface area contributed by atoms with Gasteiger partial charge in [-0.1, -0.05) is 40.3 Å². The zero-order valence-corrected chi connectivity index (χ0v) is 16.9. The second-order valence-corrected chi connectivity index (χ2v) is 8.64. The van der Waals surface area contributed by atoms with Crippen molar-refractivity contribution in [1.29, 1.82) is 5.26 Å². The smallest absolute Gasteiger partial charge is 0.347 e. The fraction of sp³-hybridized carbons (Fsp3) is 0.450. The van der Waals surface area contributed by atoms with Gasteiger partial charge in [0.1, 0.15) is 21.7 Å². The maximum atomic E-state index is 11.8. The number of hydrogen-bond acceptors (Lipinski definition) is 5. The number of ether oxygens (including phenoxy) is 1. The van der Waals surface area contributed by atoms with Crippen molar-refractivity contribution in [2.45, 2.75) is 45.6 Å². The third-order valence-corrected chi connectivity index (χ3v) is 6.39. The molecule has 1 aliphatic rings. The van der Waals surface area contributed by atoms with Gasteiger partial charge in [-0.15, -0.1) is 11.3 Å². The highest BCUT2D eigenvalue weighted by molar-refractivity contribution is 7.17. The van der Waals surface area contributed by atoms with Gasteiger partial charge in [0.05, 0.1) is 17.9 Å². The van der Waals surface area contributed by atoms with Gasteiger partial charge < -0.3 is 9.84 Å². The van der Waals surface area contributed by atoms with Crippen LogP contribution in [0, 0.1) is 17.2 Å². The summed E-state index contributed by atoms with van der Waals surface area (Å²) in [5.41, 5.74) is 1.89. The Morgan fingerprint density at radius 1 is 1.52 bits per heavy atom. The minimum atomic E-state index is -0.932. The van der Waals surface area contributed by atoms with Gasteiger partial charge in [0.15, 0.2) is 6.71 Å². The van der Waals surface area contributed by atoms with E-state index in [1.165, 1.54) is 11.3 Å². The van der Waals surface area contributed by atoms with Crippen LogP contribution in [0.15, 0.2) is 18.2 Å². The molecular weight excluding hydrogens is 359 g/mol. The molecule has 1 saturated heterocycles. The van der Waals surface area contributed by atoms with E-state index >= 15 is 0 Å². The molecule has 1 aliphatic heterocycles. The molecule has 5 nitrogen and oxygen atoms in total. The molecule has 0 amide bonds. The monoisotopic (exact) mass is 382 g/mol. The predicted molar refractivity (Wildman–Crippen MR) is 108 cm³/mol. The van der Waals surface area contributed by atoms with E-state index in [2.05, 4.69) is 19.8 Å². The third kappa shape index (κ3) is 3.59. The highest BCUT2D eigenvalue weighted by atomic mass is 32.1. The van der Waals surface area contributed by atoms with Crippen LogP contribution >= 0.6 is 11.3 Å². The first-order valence-electron chi connectivity index (χ1n) is 9.24. The Hall–Kier alpha value is -2.33. The minimum absolute atomic E-state index is 0.124. The number of nitrogens with zero attached hydrogens (tertiary/aromatic N) is 2. The molecule has 0 radical (unpaired) electrons. The van der Waals surface area contributed by atoms with E-state index in [0.717, 1.165) is 18.3 Å². The van der Waals surface area contributed by atoms with E-state index in [1.54, 1.807) is 12.1 Å². The summed E-state index contributed by atoms with van der Waals surface area (Å²) in [5, 5.41) is 19.7. The van der Waals surface area contributed by atoms with Crippen LogP contribution in [0.2, 0.25) is 13.1 Å². The molecule has 1 N–H and O–H groups in total. The quantitative estimate of drug-likeness (QED) is 0.700. The average Bonchev–Trinajstić information content (AvgIpc) is 3.10. The van der Waals surface area contributed by atoms with Crippen molar-refractivity contribution in [3.63, 3.8) is 0 Å². The van der Waals surface area contributed by atoms with Crippen molar-refractivity contribution in [1.82, 2.24) is 4.98 Å². The van der Waals surface area contributed by atoms with E-state index in [1.807, 2.05) is 19.9 Å². The molecule has 140 valence electrons. The van der Waals surface area contributed by atoms with Gasteiger partial charge in [-0.25, -0.2) is 9.78 Å². The second kappa shape index (κ2) is 7.36. The van der Waals surface area contributed by atoms with E-state index in [-0.39, 0.29) is 5.31 Å². The Morgan fingerprint density at radius 2 is 2.22 bits per heavy atom. The van der Waals surface area contributed by atoms with Gasteiger partial charge >= 0.3 is 5.97 Å². The molecule has 1 aromatic heterocycles. The van der Waals surface area contributed by atoms with Crippen LogP contribution in [0.25, 0.3) is 10.6 Å². The lowest BCUT2D eigenvalue weighted by Gasteiger charge is -2.12. The number of benzene rings is 1. The molecule has 1 atom stereocenters. The zero-order chi connectivity index (χ0) is 19.8. The van der Waals surface area contributed by atoms with Gasteiger partial charge in [-0.2, -0.15) is 5.26 Å². The van der Waals surface area contributed by atoms with Gasteiger partial charge in [-0.3, -0.25) is 0 Å². The van der Waals surface area contributed by atoms with Crippen LogP contribution in [0.4, 0.5) is 0 Å². The normalized spacial score (nSPS) is 18.4. The molecule has 1 unspecified atom stereocenters. The van der Waals surface area contributed by atoms with Crippen LogP contribution in [0.1, 0.15) is 48.1 Å². The molecule has 3 rings (SSSR count). The second-order valence-electron chi connectivity index (χ2n) is 7.64. The minimum Gasteiger partial charge on any atom is -0.492 e. The number of nitriles is 1. The molecule has 0 spiro atoms. The fourth-order valence-electron chi connectivity index (χ4n) is 3.54. The van der Waals surface area contributed by atoms with Crippen LogP contribution in [-0.2, 0) is 5.31 Å². The van der Waals surface area contributed by atoms with Crippen molar-refractivity contribution >= 4 is 24.0 Å². The van der Waals surface area contributed by atoms with Crippen molar-refractivity contribution in [2.75, 3.05) is 6.61 Å². The number of hydrogen-bond donors (Lipinski definition) is 1. The maximum absolute atomic E-state index is 11.8. The first kappa shape index (κ1) is 19.4. The first-order valence-corrected chi connectivity index (χ1v) is 10.1. The predicted octanol–water partition coefficient (Wildman–Crippen LogP) is 4.74. The van der Waals surface area contributed by atoms with Gasteiger partial charge in [0, 0.05) is 5.56 Å². The lowest BCUT2D eigenvalue weighted by atomic mass is 9.62. The summed E-state index contributed by atoms with van der Waals surface area (Å²) in [7, 11) is 0. The Kier molecular flexibility index (Phi) is 5.30. The standard InChI is InChI=1S/C20H23BN2O3S/c1-5-20(11-21(20)4)17-16(19(24)25)27-18(23-17)13-6-7-15(14(8-13)9-22)26-10-12(2)3/h6-8,12H,5,10-11H2,1-4H3,(H,24,25). The zero-order valence-electron chi connectivity index (χ0n) is 16.1. The van der Waals surface area contributed by atoms with Gasteiger partial charge in [0.25, 0.3) is 0 Å². The summed E-state index contributed by atoms with van der Waals surface area (Å²) < 4.78 is 5.71. The van der Waals surface area contributed by atoms with Crippen LogP contribution in [0.3, 0.4) is 0 Å². The number of aromatic carboxylic acids is 1. The average molecular weight is 382 g/mol. The van der Waals surface area contributed by atoms with E-state index < -0.39 is 5.97 Å². The number of carboxylic acids is 1. The van der Waals surface area contributed by atoms with E-state index in [4.69, 9.17) is 9.72 Å². The molecule has 0 aliphatic carbocycles. The molecule has 0 bridgehead atoms. The van der Waals surface area contributed by atoms with Gasteiger partial charge in [0.2, 0.25) is 0 Å². The van der Waals surface area contributed by atoms with Crippen LogP contribution in [0.5, 0.6) is 5.75 Å². The summed E-state index contributed by atoms with van der Waals surface area (Å²) in [6.07, 6.45) is 1.85. The van der Waals surface area contributed by atoms with Crippen LogP contribution < -0.4 is 4.74 Å². The first-order chi connectivity index (χ1) is 12.8. The Labute approximate surface area is 164 Å². The molecule has 27 heavy (non-hydrogen) atoms. The van der Waals surface area contributed by atoms with Crippen molar-refractivity contribution in [3.05, 3.63) is 34.3 Å². The number of carbonyl (C=O) groups is 1. The van der Waals surface area contributed by atoms with Crippen molar-refractivity contribution < 1.29 is 14.6 Å². The lowest BCUT2D eigenvalue weighted by molar-refractivity contribution is 0.0700. The van der Waals surface area contributed by atoms with Gasteiger partial charge in [-0.05, 0) is 29.4 Å². The van der Waals surface area contributed by atoms with Crippen LogP contribution in [-0.4, -0.2) is 29.4 Å². The number of rotatable bonds is 7. The largest absolute Gasteiger partial charge is 0.492 e. The molecule has 1 aromatic carbocycles. The summed E-state index contributed by atoms with van der Waals surface area (Å²) in [4.78, 5) is 16.8. The number of aromatic nitrogens is 1. The number of carboxylic acid groups (broad SMARTS) is 1. The van der Waals surface area contributed by atoms with E-state index in [9.17, 15) is 15.2 Å². The summed E-state index contributed by atoms with van der Waals surface area (Å²) >= 11 is 1.19. The Bertz CT molecular complexity index is 914. The topological polar surface area (TPSA) is 83.2 Å². The fourth-order valence-corrected chi connectivity index (χ4v) is 4.54. The highest BCUT2D eigenvalue weighted by Gasteiger charge is 2.56. The Balaban J connectivity index is 2.00. The molecular formula is C20H23BN2O3S. The molecule has 7 heteroatoms.